The molecule has 1 aromatic carbocycles. The molecule has 0 atom stereocenters. The maximum atomic E-state index is 12.5. The SMILES string of the molecule is Cc1n[nH]c2ccc(NC(=O)c3ccc4nnc(C)n4c3)cc12. The molecule has 23 heavy (non-hydrogen) atoms. The first-order chi connectivity index (χ1) is 11.1. The van der Waals surface area contributed by atoms with Crippen molar-refractivity contribution in [2.24, 2.45) is 0 Å². The number of nitrogens with zero attached hydrogens (tertiary/aromatic N) is 4. The molecule has 0 bridgehead atoms. The second-order valence-electron chi connectivity index (χ2n) is 5.42. The zero-order chi connectivity index (χ0) is 16.0. The Bertz CT molecular complexity index is 1050. The second kappa shape index (κ2) is 4.91. The number of aryl methyl sites for hydroxylation is 2. The van der Waals surface area contributed by atoms with Crippen LogP contribution in [0.15, 0.2) is 36.5 Å². The van der Waals surface area contributed by atoms with Gasteiger partial charge < -0.3 is 5.32 Å². The summed E-state index contributed by atoms with van der Waals surface area (Å²) in [5, 5.41) is 19.0. The summed E-state index contributed by atoms with van der Waals surface area (Å²) in [5.41, 5.74) is 3.84. The molecule has 0 fully saturated rings. The van der Waals surface area contributed by atoms with Gasteiger partial charge in [-0.25, -0.2) is 0 Å². The average molecular weight is 306 g/mol. The molecule has 1 amide bonds. The lowest BCUT2D eigenvalue weighted by Crippen LogP contribution is -2.12. The van der Waals surface area contributed by atoms with E-state index in [4.69, 9.17) is 0 Å². The highest BCUT2D eigenvalue weighted by Crippen LogP contribution is 2.20. The Morgan fingerprint density at radius 1 is 1.17 bits per heavy atom. The van der Waals surface area contributed by atoms with Crippen LogP contribution in [0.3, 0.4) is 0 Å². The fraction of sp³-hybridized carbons (Fsp3) is 0.125. The van der Waals surface area contributed by atoms with Gasteiger partial charge in [-0.2, -0.15) is 5.10 Å². The molecule has 3 aromatic heterocycles. The molecule has 0 radical (unpaired) electrons. The highest BCUT2D eigenvalue weighted by molar-refractivity contribution is 6.05. The molecular weight excluding hydrogens is 292 g/mol. The fourth-order valence-corrected chi connectivity index (χ4v) is 2.57. The first kappa shape index (κ1) is 13.4. The van der Waals surface area contributed by atoms with Gasteiger partial charge in [0.05, 0.1) is 16.8 Å². The van der Waals surface area contributed by atoms with Gasteiger partial charge in [-0.05, 0) is 44.2 Å². The molecule has 0 saturated heterocycles. The number of aromatic nitrogens is 5. The van der Waals surface area contributed by atoms with Crippen LogP contribution in [0, 0.1) is 13.8 Å². The van der Waals surface area contributed by atoms with Crippen molar-refractivity contribution >= 4 is 28.1 Å². The number of fused-ring (bicyclic) bond motifs is 2. The lowest BCUT2D eigenvalue weighted by molar-refractivity contribution is 0.102. The first-order valence-electron chi connectivity index (χ1n) is 7.19. The number of carbonyl (C=O) groups excluding carboxylic acids is 1. The minimum absolute atomic E-state index is 0.180. The van der Waals surface area contributed by atoms with Crippen molar-refractivity contribution in [2.45, 2.75) is 13.8 Å². The fourth-order valence-electron chi connectivity index (χ4n) is 2.57. The van der Waals surface area contributed by atoms with Crippen molar-refractivity contribution in [1.82, 2.24) is 24.8 Å². The van der Waals surface area contributed by atoms with E-state index in [0.29, 0.717) is 5.56 Å². The number of benzene rings is 1. The molecule has 7 nitrogen and oxygen atoms in total. The Morgan fingerprint density at radius 2 is 2.04 bits per heavy atom. The molecule has 0 unspecified atom stereocenters. The van der Waals surface area contributed by atoms with Crippen molar-refractivity contribution in [2.75, 3.05) is 5.32 Å². The van der Waals surface area contributed by atoms with E-state index in [0.717, 1.165) is 33.8 Å². The number of anilines is 1. The van der Waals surface area contributed by atoms with Crippen LogP contribution >= 0.6 is 0 Å². The molecule has 2 N–H and O–H groups in total. The molecule has 0 aliphatic heterocycles. The van der Waals surface area contributed by atoms with Gasteiger partial charge in [0.1, 0.15) is 5.82 Å². The Kier molecular flexibility index (Phi) is 2.87. The van der Waals surface area contributed by atoms with Crippen molar-refractivity contribution in [1.29, 1.82) is 0 Å². The molecule has 0 aliphatic carbocycles. The summed E-state index contributed by atoms with van der Waals surface area (Å²) >= 11 is 0. The number of nitrogens with one attached hydrogen (secondary N) is 2. The van der Waals surface area contributed by atoms with E-state index in [2.05, 4.69) is 25.7 Å². The maximum absolute atomic E-state index is 12.5. The van der Waals surface area contributed by atoms with Crippen LogP contribution < -0.4 is 5.32 Å². The number of amides is 1. The molecule has 4 rings (SSSR count). The molecule has 0 aliphatic rings. The molecule has 114 valence electrons. The quantitative estimate of drug-likeness (QED) is 0.595. The molecule has 3 heterocycles. The normalized spacial score (nSPS) is 11.2. The predicted octanol–water partition coefficient (Wildman–Crippen LogP) is 2.47. The van der Waals surface area contributed by atoms with Gasteiger partial charge in [0.15, 0.2) is 5.65 Å². The third kappa shape index (κ3) is 2.22. The molecule has 0 saturated carbocycles. The number of hydrogen-bond acceptors (Lipinski definition) is 4. The van der Waals surface area contributed by atoms with Gasteiger partial charge >= 0.3 is 0 Å². The largest absolute Gasteiger partial charge is 0.322 e. The maximum Gasteiger partial charge on any atom is 0.257 e. The molecule has 0 spiro atoms. The molecular formula is C16H14N6O. The summed E-state index contributed by atoms with van der Waals surface area (Å²) in [5.74, 6) is 0.561. The monoisotopic (exact) mass is 306 g/mol. The Labute approximate surface area is 131 Å². The standard InChI is InChI=1S/C16H14N6O/c1-9-13-7-12(4-5-14(13)20-18-9)17-16(23)11-3-6-15-21-19-10(2)22(15)8-11/h3-8H,1-2H3,(H,17,23)(H,18,20). The number of pyridine rings is 1. The van der Waals surface area contributed by atoms with Crippen molar-refractivity contribution in [3.8, 4) is 0 Å². The Balaban J connectivity index is 1.66. The van der Waals surface area contributed by atoms with Crippen LogP contribution in [-0.2, 0) is 0 Å². The zero-order valence-corrected chi connectivity index (χ0v) is 12.7. The number of H-pyrrole nitrogens is 1. The van der Waals surface area contributed by atoms with Gasteiger partial charge in [-0.15, -0.1) is 10.2 Å². The predicted molar refractivity (Wildman–Crippen MR) is 86.5 cm³/mol. The summed E-state index contributed by atoms with van der Waals surface area (Å²) in [7, 11) is 0. The van der Waals surface area contributed by atoms with E-state index in [1.807, 2.05) is 32.0 Å². The molecule has 7 heteroatoms. The summed E-state index contributed by atoms with van der Waals surface area (Å²) in [6.45, 7) is 3.77. The Morgan fingerprint density at radius 3 is 2.91 bits per heavy atom. The van der Waals surface area contributed by atoms with Crippen LogP contribution in [0.5, 0.6) is 0 Å². The van der Waals surface area contributed by atoms with Crippen molar-refractivity contribution in [3.63, 3.8) is 0 Å². The minimum Gasteiger partial charge on any atom is -0.322 e. The zero-order valence-electron chi connectivity index (χ0n) is 12.7. The van der Waals surface area contributed by atoms with E-state index in [1.165, 1.54) is 0 Å². The highest BCUT2D eigenvalue weighted by Gasteiger charge is 2.10. The summed E-state index contributed by atoms with van der Waals surface area (Å²) < 4.78 is 1.79. The van der Waals surface area contributed by atoms with Gasteiger partial charge in [0.25, 0.3) is 5.91 Å². The number of aromatic amines is 1. The van der Waals surface area contributed by atoms with Crippen molar-refractivity contribution in [3.05, 3.63) is 53.6 Å². The smallest absolute Gasteiger partial charge is 0.257 e. The van der Waals surface area contributed by atoms with E-state index in [9.17, 15) is 4.79 Å². The van der Waals surface area contributed by atoms with E-state index in [-0.39, 0.29) is 5.91 Å². The summed E-state index contributed by atoms with van der Waals surface area (Å²) in [4.78, 5) is 12.5. The highest BCUT2D eigenvalue weighted by atomic mass is 16.1. The second-order valence-corrected chi connectivity index (χ2v) is 5.42. The number of hydrogen-bond donors (Lipinski definition) is 2. The lowest BCUT2D eigenvalue weighted by Gasteiger charge is -2.06. The van der Waals surface area contributed by atoms with Crippen molar-refractivity contribution < 1.29 is 4.79 Å². The van der Waals surface area contributed by atoms with Gasteiger partial charge in [0.2, 0.25) is 0 Å². The average Bonchev–Trinajstić information content (AvgIpc) is 3.11. The number of rotatable bonds is 2. The Hall–Kier alpha value is -3.22. The van der Waals surface area contributed by atoms with Crippen LogP contribution in [-0.4, -0.2) is 30.7 Å². The summed E-state index contributed by atoms with van der Waals surface area (Å²) in [6, 6.07) is 9.17. The van der Waals surface area contributed by atoms with Crippen LogP contribution in [0.25, 0.3) is 16.6 Å². The van der Waals surface area contributed by atoms with Crippen LogP contribution in [0.2, 0.25) is 0 Å². The first-order valence-corrected chi connectivity index (χ1v) is 7.19. The van der Waals surface area contributed by atoms with Crippen LogP contribution in [0.4, 0.5) is 5.69 Å². The third-order valence-electron chi connectivity index (χ3n) is 3.85. The lowest BCUT2D eigenvalue weighted by atomic mass is 10.2. The van der Waals surface area contributed by atoms with Gasteiger partial charge in [0, 0.05) is 17.3 Å². The van der Waals surface area contributed by atoms with E-state index in [1.54, 1.807) is 22.7 Å². The molecule has 4 aromatic rings. The number of carbonyl (C=O) groups is 1. The topological polar surface area (TPSA) is 88.0 Å². The van der Waals surface area contributed by atoms with Gasteiger partial charge in [-0.3, -0.25) is 14.3 Å². The summed E-state index contributed by atoms with van der Waals surface area (Å²) in [6.07, 6.45) is 1.74. The minimum atomic E-state index is -0.180. The van der Waals surface area contributed by atoms with Crippen LogP contribution in [0.1, 0.15) is 21.9 Å². The van der Waals surface area contributed by atoms with Gasteiger partial charge in [-0.1, -0.05) is 0 Å². The van der Waals surface area contributed by atoms with E-state index < -0.39 is 0 Å². The third-order valence-corrected chi connectivity index (χ3v) is 3.85. The van der Waals surface area contributed by atoms with E-state index >= 15 is 0 Å².